The SMILES string of the molecule is Cc1cccc(C(C)C)c1NC(=O)COC(=O)c1ccc(Cl)c(S(N)(=O)=O)c1. The Kier molecular flexibility index (Phi) is 6.82. The minimum Gasteiger partial charge on any atom is -0.452 e. The van der Waals surface area contributed by atoms with E-state index in [-0.39, 0.29) is 16.5 Å². The molecule has 0 aromatic heterocycles. The zero-order chi connectivity index (χ0) is 21.1. The number of amides is 1. The number of anilines is 1. The van der Waals surface area contributed by atoms with Gasteiger partial charge in [-0.25, -0.2) is 18.4 Å². The summed E-state index contributed by atoms with van der Waals surface area (Å²) in [5.74, 6) is -1.18. The molecule has 150 valence electrons. The van der Waals surface area contributed by atoms with Crippen molar-refractivity contribution in [3.8, 4) is 0 Å². The summed E-state index contributed by atoms with van der Waals surface area (Å²) in [4.78, 5) is 24.0. The smallest absolute Gasteiger partial charge is 0.338 e. The molecule has 0 spiro atoms. The summed E-state index contributed by atoms with van der Waals surface area (Å²) in [5, 5.41) is 7.70. The molecule has 0 aliphatic heterocycles. The van der Waals surface area contributed by atoms with Crippen molar-refractivity contribution in [3.63, 3.8) is 0 Å². The van der Waals surface area contributed by atoms with Crippen LogP contribution < -0.4 is 10.5 Å². The minimum absolute atomic E-state index is 0.0833. The molecule has 0 fully saturated rings. The second-order valence-electron chi connectivity index (χ2n) is 6.51. The number of halogens is 1. The first-order chi connectivity index (χ1) is 13.0. The summed E-state index contributed by atoms with van der Waals surface area (Å²) in [7, 11) is -4.10. The van der Waals surface area contributed by atoms with Gasteiger partial charge in [-0.1, -0.05) is 43.6 Å². The highest BCUT2D eigenvalue weighted by Crippen LogP contribution is 2.27. The van der Waals surface area contributed by atoms with Gasteiger partial charge in [0.1, 0.15) is 4.90 Å². The Labute approximate surface area is 168 Å². The average molecular weight is 425 g/mol. The Morgan fingerprint density at radius 3 is 2.50 bits per heavy atom. The molecule has 0 bridgehead atoms. The first kappa shape index (κ1) is 21.9. The number of benzene rings is 2. The van der Waals surface area contributed by atoms with E-state index < -0.39 is 33.4 Å². The van der Waals surface area contributed by atoms with Crippen molar-refractivity contribution in [1.82, 2.24) is 0 Å². The van der Waals surface area contributed by atoms with Gasteiger partial charge in [0.15, 0.2) is 6.61 Å². The van der Waals surface area contributed by atoms with Crippen molar-refractivity contribution in [2.75, 3.05) is 11.9 Å². The van der Waals surface area contributed by atoms with E-state index in [0.29, 0.717) is 5.69 Å². The summed E-state index contributed by atoms with van der Waals surface area (Å²) in [6.07, 6.45) is 0. The fraction of sp³-hybridized carbons (Fsp3) is 0.263. The van der Waals surface area contributed by atoms with Crippen molar-refractivity contribution >= 4 is 39.2 Å². The van der Waals surface area contributed by atoms with Crippen LogP contribution in [0.15, 0.2) is 41.3 Å². The second-order valence-corrected chi connectivity index (χ2v) is 8.45. The van der Waals surface area contributed by atoms with Crippen LogP contribution in [0.2, 0.25) is 5.02 Å². The summed E-state index contributed by atoms with van der Waals surface area (Å²) < 4.78 is 28.0. The summed E-state index contributed by atoms with van der Waals surface area (Å²) in [6, 6.07) is 9.22. The number of para-hydroxylation sites is 1. The summed E-state index contributed by atoms with van der Waals surface area (Å²) in [6.45, 7) is 5.36. The highest BCUT2D eigenvalue weighted by atomic mass is 35.5. The van der Waals surface area contributed by atoms with Gasteiger partial charge in [0.25, 0.3) is 5.91 Å². The Bertz CT molecular complexity index is 1020. The number of carbonyl (C=O) groups excluding carboxylic acids is 2. The molecular weight excluding hydrogens is 404 g/mol. The van der Waals surface area contributed by atoms with Crippen molar-refractivity contribution in [1.29, 1.82) is 0 Å². The topological polar surface area (TPSA) is 116 Å². The van der Waals surface area contributed by atoms with E-state index in [1.165, 1.54) is 12.1 Å². The van der Waals surface area contributed by atoms with Crippen LogP contribution in [0.25, 0.3) is 0 Å². The van der Waals surface area contributed by atoms with Crippen LogP contribution in [0.4, 0.5) is 5.69 Å². The number of primary sulfonamides is 1. The third-order valence-electron chi connectivity index (χ3n) is 4.00. The van der Waals surface area contributed by atoms with Crippen molar-refractivity contribution in [2.45, 2.75) is 31.6 Å². The fourth-order valence-electron chi connectivity index (χ4n) is 2.58. The first-order valence-electron chi connectivity index (χ1n) is 8.39. The number of hydrogen-bond donors (Lipinski definition) is 2. The van der Waals surface area contributed by atoms with Gasteiger partial charge >= 0.3 is 5.97 Å². The van der Waals surface area contributed by atoms with Crippen LogP contribution >= 0.6 is 11.6 Å². The maximum absolute atomic E-state index is 12.2. The Morgan fingerprint density at radius 2 is 1.89 bits per heavy atom. The van der Waals surface area contributed by atoms with Crippen LogP contribution in [0, 0.1) is 6.92 Å². The Balaban J connectivity index is 2.09. The van der Waals surface area contributed by atoms with E-state index in [4.69, 9.17) is 21.5 Å². The number of aryl methyl sites for hydroxylation is 1. The molecule has 28 heavy (non-hydrogen) atoms. The van der Waals surface area contributed by atoms with Crippen LogP contribution in [0.5, 0.6) is 0 Å². The molecule has 9 heteroatoms. The number of nitrogens with two attached hydrogens (primary N) is 1. The number of carbonyl (C=O) groups is 2. The van der Waals surface area contributed by atoms with Gasteiger partial charge in [0.2, 0.25) is 10.0 Å². The van der Waals surface area contributed by atoms with E-state index >= 15 is 0 Å². The third-order valence-corrected chi connectivity index (χ3v) is 5.39. The first-order valence-corrected chi connectivity index (χ1v) is 10.3. The van der Waals surface area contributed by atoms with Gasteiger partial charge in [0.05, 0.1) is 10.6 Å². The van der Waals surface area contributed by atoms with Gasteiger partial charge in [0, 0.05) is 5.69 Å². The number of esters is 1. The monoisotopic (exact) mass is 424 g/mol. The molecule has 0 unspecified atom stereocenters. The van der Waals surface area contributed by atoms with Crippen LogP contribution in [-0.4, -0.2) is 26.9 Å². The Hall–Kier alpha value is -2.42. The molecule has 0 atom stereocenters. The molecule has 2 aromatic carbocycles. The molecule has 0 saturated heterocycles. The average Bonchev–Trinajstić information content (AvgIpc) is 2.60. The van der Waals surface area contributed by atoms with Gasteiger partial charge in [-0.3, -0.25) is 4.79 Å². The molecule has 0 radical (unpaired) electrons. The number of hydrogen-bond acceptors (Lipinski definition) is 5. The van der Waals surface area contributed by atoms with E-state index in [2.05, 4.69) is 5.32 Å². The van der Waals surface area contributed by atoms with Crippen LogP contribution in [-0.2, 0) is 19.6 Å². The number of ether oxygens (including phenoxy) is 1. The number of sulfonamides is 1. The zero-order valence-electron chi connectivity index (χ0n) is 15.7. The number of nitrogens with one attached hydrogen (secondary N) is 1. The molecule has 0 aliphatic carbocycles. The molecule has 0 saturated carbocycles. The summed E-state index contributed by atoms with van der Waals surface area (Å²) in [5.41, 5.74) is 2.46. The van der Waals surface area contributed by atoms with E-state index in [0.717, 1.165) is 17.2 Å². The predicted molar refractivity (Wildman–Crippen MR) is 107 cm³/mol. The van der Waals surface area contributed by atoms with E-state index in [1.54, 1.807) is 0 Å². The van der Waals surface area contributed by atoms with Crippen molar-refractivity contribution < 1.29 is 22.7 Å². The van der Waals surface area contributed by atoms with Gasteiger partial charge in [-0.15, -0.1) is 0 Å². The third kappa shape index (κ3) is 5.31. The molecule has 2 aromatic rings. The largest absolute Gasteiger partial charge is 0.452 e. The van der Waals surface area contributed by atoms with Gasteiger partial charge in [-0.05, 0) is 42.2 Å². The molecule has 1 amide bonds. The van der Waals surface area contributed by atoms with Crippen molar-refractivity contribution in [3.05, 3.63) is 58.1 Å². The lowest BCUT2D eigenvalue weighted by molar-refractivity contribution is -0.119. The van der Waals surface area contributed by atoms with Crippen LogP contribution in [0.1, 0.15) is 41.3 Å². The molecule has 0 heterocycles. The fourth-order valence-corrected chi connectivity index (χ4v) is 3.65. The maximum Gasteiger partial charge on any atom is 0.338 e. The molecule has 2 rings (SSSR count). The van der Waals surface area contributed by atoms with Gasteiger partial charge < -0.3 is 10.1 Å². The highest BCUT2D eigenvalue weighted by molar-refractivity contribution is 7.89. The molecular formula is C19H21ClN2O5S. The molecule has 7 nitrogen and oxygen atoms in total. The standard InChI is InChI=1S/C19H21ClN2O5S/c1-11(2)14-6-4-5-12(3)18(14)22-17(23)10-27-19(24)13-7-8-15(20)16(9-13)28(21,25)26/h4-9,11H,10H2,1-3H3,(H,22,23)(H2,21,25,26). The van der Waals surface area contributed by atoms with E-state index in [9.17, 15) is 18.0 Å². The second kappa shape index (κ2) is 8.72. The molecule has 3 N–H and O–H groups in total. The zero-order valence-corrected chi connectivity index (χ0v) is 17.2. The number of rotatable bonds is 6. The van der Waals surface area contributed by atoms with Gasteiger partial charge in [-0.2, -0.15) is 0 Å². The predicted octanol–water partition coefficient (Wildman–Crippen LogP) is 3.21. The molecule has 0 aliphatic rings. The lowest BCUT2D eigenvalue weighted by Crippen LogP contribution is -2.22. The quantitative estimate of drug-likeness (QED) is 0.690. The normalized spacial score (nSPS) is 11.4. The Morgan fingerprint density at radius 1 is 1.21 bits per heavy atom. The van der Waals surface area contributed by atoms with Crippen molar-refractivity contribution in [2.24, 2.45) is 5.14 Å². The van der Waals surface area contributed by atoms with E-state index in [1.807, 2.05) is 39.0 Å². The van der Waals surface area contributed by atoms with Crippen LogP contribution in [0.3, 0.4) is 0 Å². The maximum atomic E-state index is 12.2. The highest BCUT2D eigenvalue weighted by Gasteiger charge is 2.18. The minimum atomic E-state index is -4.10. The lowest BCUT2D eigenvalue weighted by Gasteiger charge is -2.16. The lowest BCUT2D eigenvalue weighted by atomic mass is 9.98. The summed E-state index contributed by atoms with van der Waals surface area (Å²) >= 11 is 5.78.